The van der Waals surface area contributed by atoms with Gasteiger partial charge in [-0.05, 0) is 63.8 Å². The highest BCUT2D eigenvalue weighted by Crippen LogP contribution is 2.40. The van der Waals surface area contributed by atoms with Crippen LogP contribution in [0.3, 0.4) is 0 Å². The molecule has 2 aliphatic heterocycles. The number of hydrogen-bond donors (Lipinski definition) is 2. The number of amides is 1. The number of benzene rings is 1. The number of halogens is 3. The fourth-order valence-corrected chi connectivity index (χ4v) is 4.26. The van der Waals surface area contributed by atoms with Crippen LogP contribution in [0.15, 0.2) is 36.5 Å². The van der Waals surface area contributed by atoms with E-state index in [0.717, 1.165) is 37.1 Å². The average molecular weight is 433 g/mol. The van der Waals surface area contributed by atoms with Crippen molar-refractivity contribution in [2.75, 3.05) is 6.54 Å². The third-order valence-electron chi connectivity index (χ3n) is 5.77. The molecule has 1 spiro atoms. The summed E-state index contributed by atoms with van der Waals surface area (Å²) in [5.41, 5.74) is 0.279. The Morgan fingerprint density at radius 3 is 2.42 bits per heavy atom. The number of hydrogen-bond acceptors (Lipinski definition) is 4. The Bertz CT molecular complexity index is 983. The van der Waals surface area contributed by atoms with Crippen LogP contribution < -0.4 is 15.4 Å². The highest BCUT2D eigenvalue weighted by molar-refractivity contribution is 5.88. The van der Waals surface area contributed by atoms with E-state index < -0.39 is 22.9 Å². The second-order valence-corrected chi connectivity index (χ2v) is 9.22. The number of alkyl halides is 3. The van der Waals surface area contributed by atoms with Crippen LogP contribution in [0, 0.1) is 0 Å². The number of aromatic nitrogens is 1. The molecule has 2 aliphatic rings. The highest BCUT2D eigenvalue weighted by Gasteiger charge is 2.48. The number of ether oxygens (including phenoxy) is 1. The van der Waals surface area contributed by atoms with Crippen LogP contribution in [0.4, 0.5) is 13.2 Å². The maximum atomic E-state index is 13.0. The van der Waals surface area contributed by atoms with Crippen molar-refractivity contribution in [3.63, 3.8) is 0 Å². The molecule has 0 bridgehead atoms. The first-order valence-electron chi connectivity index (χ1n) is 10.4. The van der Waals surface area contributed by atoms with Gasteiger partial charge >= 0.3 is 6.18 Å². The lowest BCUT2D eigenvalue weighted by Gasteiger charge is -2.25. The van der Waals surface area contributed by atoms with E-state index >= 15 is 0 Å². The van der Waals surface area contributed by atoms with E-state index in [2.05, 4.69) is 15.6 Å². The summed E-state index contributed by atoms with van der Waals surface area (Å²) in [5, 5.41) is 6.32. The third-order valence-corrected chi connectivity index (χ3v) is 5.77. The van der Waals surface area contributed by atoms with Gasteiger partial charge in [0.25, 0.3) is 0 Å². The van der Waals surface area contributed by atoms with Crippen molar-refractivity contribution < 1.29 is 22.7 Å². The maximum absolute atomic E-state index is 13.0. The van der Waals surface area contributed by atoms with Crippen LogP contribution >= 0.6 is 0 Å². The summed E-state index contributed by atoms with van der Waals surface area (Å²) in [6.07, 6.45) is -0.557. The molecule has 1 aromatic heterocycles. The van der Waals surface area contributed by atoms with Crippen molar-refractivity contribution >= 4 is 5.91 Å². The van der Waals surface area contributed by atoms with Crippen molar-refractivity contribution in [2.45, 2.75) is 63.4 Å². The monoisotopic (exact) mass is 433 g/mol. The summed E-state index contributed by atoms with van der Waals surface area (Å²) in [4.78, 5) is 16.8. The number of pyridine rings is 1. The molecule has 2 atom stereocenters. The van der Waals surface area contributed by atoms with E-state index in [9.17, 15) is 18.0 Å². The summed E-state index contributed by atoms with van der Waals surface area (Å²) in [7, 11) is 0. The Morgan fingerprint density at radius 2 is 1.84 bits per heavy atom. The number of carbonyl (C=O) groups is 1. The van der Waals surface area contributed by atoms with Gasteiger partial charge < -0.3 is 10.1 Å². The molecule has 2 aromatic rings. The molecule has 166 valence electrons. The maximum Gasteiger partial charge on any atom is 0.416 e. The minimum absolute atomic E-state index is 0.0191. The minimum atomic E-state index is -4.39. The Morgan fingerprint density at radius 1 is 1.13 bits per heavy atom. The number of carbonyl (C=O) groups excluding carboxylic acids is 1. The molecule has 0 unspecified atom stereocenters. The lowest BCUT2D eigenvalue weighted by molar-refractivity contribution is -0.137. The minimum Gasteiger partial charge on any atom is -0.486 e. The zero-order chi connectivity index (χ0) is 22.4. The third kappa shape index (κ3) is 4.39. The zero-order valence-corrected chi connectivity index (χ0v) is 17.8. The first-order valence-corrected chi connectivity index (χ1v) is 10.4. The molecular formula is C23H26F3N3O2. The van der Waals surface area contributed by atoms with E-state index in [1.165, 1.54) is 12.1 Å². The molecule has 31 heavy (non-hydrogen) atoms. The topological polar surface area (TPSA) is 63.2 Å². The number of rotatable bonds is 3. The normalized spacial score (nSPS) is 23.9. The van der Waals surface area contributed by atoms with Gasteiger partial charge in [-0.3, -0.25) is 15.1 Å². The van der Waals surface area contributed by atoms with Gasteiger partial charge in [-0.1, -0.05) is 12.1 Å². The molecule has 3 heterocycles. The predicted octanol–water partition coefficient (Wildman–Crippen LogP) is 4.63. The standard InChI is InChI=1S/C23H26F3N3O2/c1-21(2,3)31-19-13-28-18(17-8-9-22(29-17)10-11-27-20(22)30)12-16(19)14-4-6-15(7-5-14)23(24,25)26/h4-7,12-13,17,29H,8-11H2,1-3H3,(H,27,30)/t17-,22-/m1/s1. The van der Waals surface area contributed by atoms with Crippen LogP contribution in [0.5, 0.6) is 5.75 Å². The van der Waals surface area contributed by atoms with E-state index in [1.807, 2.05) is 26.8 Å². The second kappa shape index (κ2) is 7.51. The number of nitrogens with zero attached hydrogens (tertiary/aromatic N) is 1. The summed E-state index contributed by atoms with van der Waals surface area (Å²) in [6, 6.07) is 6.79. The molecule has 0 saturated carbocycles. The Labute approximate surface area is 179 Å². The molecule has 8 heteroatoms. The first kappa shape index (κ1) is 21.6. The molecule has 0 aliphatic carbocycles. The van der Waals surface area contributed by atoms with Gasteiger partial charge in [0.05, 0.1) is 23.5 Å². The smallest absolute Gasteiger partial charge is 0.416 e. The molecule has 1 aromatic carbocycles. The average Bonchev–Trinajstić information content (AvgIpc) is 3.27. The van der Waals surface area contributed by atoms with E-state index in [0.29, 0.717) is 23.4 Å². The van der Waals surface area contributed by atoms with Crippen LogP contribution in [-0.2, 0) is 11.0 Å². The van der Waals surface area contributed by atoms with E-state index in [1.54, 1.807) is 6.20 Å². The lowest BCUT2D eigenvalue weighted by atomic mass is 9.96. The van der Waals surface area contributed by atoms with E-state index in [4.69, 9.17) is 4.74 Å². The molecule has 2 fully saturated rings. The van der Waals surface area contributed by atoms with Gasteiger partial charge in [-0.15, -0.1) is 0 Å². The fraction of sp³-hybridized carbons (Fsp3) is 0.478. The highest BCUT2D eigenvalue weighted by atomic mass is 19.4. The van der Waals surface area contributed by atoms with Crippen molar-refractivity contribution in [3.8, 4) is 16.9 Å². The predicted molar refractivity (Wildman–Crippen MR) is 111 cm³/mol. The second-order valence-electron chi connectivity index (χ2n) is 9.22. The van der Waals surface area contributed by atoms with Crippen molar-refractivity contribution in [2.24, 2.45) is 0 Å². The van der Waals surface area contributed by atoms with Crippen molar-refractivity contribution in [3.05, 3.63) is 47.8 Å². The Kier molecular flexibility index (Phi) is 5.24. The van der Waals surface area contributed by atoms with E-state index in [-0.39, 0.29) is 11.9 Å². The number of nitrogens with one attached hydrogen (secondary N) is 2. The summed E-state index contributed by atoms with van der Waals surface area (Å²) in [5.74, 6) is 0.521. The summed E-state index contributed by atoms with van der Waals surface area (Å²) >= 11 is 0. The largest absolute Gasteiger partial charge is 0.486 e. The van der Waals surface area contributed by atoms with Gasteiger partial charge in [-0.2, -0.15) is 13.2 Å². The van der Waals surface area contributed by atoms with Crippen LogP contribution in [0.1, 0.15) is 57.3 Å². The van der Waals surface area contributed by atoms with Gasteiger partial charge in [0.15, 0.2) is 0 Å². The van der Waals surface area contributed by atoms with Crippen molar-refractivity contribution in [1.29, 1.82) is 0 Å². The SMILES string of the molecule is CC(C)(C)Oc1cnc([C@H]2CC[C@]3(CCNC3=O)N2)cc1-c1ccc(C(F)(F)F)cc1. The van der Waals surface area contributed by atoms with Gasteiger partial charge in [-0.25, -0.2) is 0 Å². The summed E-state index contributed by atoms with van der Waals surface area (Å²) < 4.78 is 45.0. The lowest BCUT2D eigenvalue weighted by Crippen LogP contribution is -2.47. The van der Waals surface area contributed by atoms with Gasteiger partial charge in [0.1, 0.15) is 16.9 Å². The molecule has 5 nitrogen and oxygen atoms in total. The molecule has 1 amide bonds. The molecule has 2 saturated heterocycles. The summed E-state index contributed by atoms with van der Waals surface area (Å²) in [6.45, 7) is 6.36. The van der Waals surface area contributed by atoms with Gasteiger partial charge in [0, 0.05) is 12.1 Å². The first-order chi connectivity index (χ1) is 14.5. The van der Waals surface area contributed by atoms with Crippen LogP contribution in [0.25, 0.3) is 11.1 Å². The fourth-order valence-electron chi connectivity index (χ4n) is 4.26. The molecule has 2 N–H and O–H groups in total. The quantitative estimate of drug-likeness (QED) is 0.741. The van der Waals surface area contributed by atoms with Gasteiger partial charge in [0.2, 0.25) is 5.91 Å². The Hall–Kier alpha value is -2.61. The molecule has 4 rings (SSSR count). The van der Waals surface area contributed by atoms with Crippen molar-refractivity contribution in [1.82, 2.24) is 15.6 Å². The van der Waals surface area contributed by atoms with Crippen LogP contribution in [-0.4, -0.2) is 28.6 Å². The Balaban J connectivity index is 1.69. The molecule has 0 radical (unpaired) electrons. The zero-order valence-electron chi connectivity index (χ0n) is 17.8. The molecular weight excluding hydrogens is 407 g/mol. The van der Waals surface area contributed by atoms with Crippen LogP contribution in [0.2, 0.25) is 0 Å².